The molecule has 3 heterocycles. The number of imide groups is 1. The van der Waals surface area contributed by atoms with Crippen molar-refractivity contribution in [3.63, 3.8) is 0 Å². The van der Waals surface area contributed by atoms with E-state index in [0.29, 0.717) is 17.2 Å². The zero-order chi connectivity index (χ0) is 15.9. The molecule has 22 heavy (non-hydrogen) atoms. The normalized spacial score (nSPS) is 21.4. The summed E-state index contributed by atoms with van der Waals surface area (Å²) < 4.78 is 31.6. The van der Waals surface area contributed by atoms with Crippen LogP contribution in [0.1, 0.15) is 12.8 Å². The number of sulfonamides is 1. The quantitative estimate of drug-likeness (QED) is 0.812. The second-order valence-electron chi connectivity index (χ2n) is 5.01. The first-order valence-electron chi connectivity index (χ1n) is 6.64. The van der Waals surface area contributed by atoms with Crippen LogP contribution in [0.4, 0.5) is 4.79 Å². The van der Waals surface area contributed by atoms with Crippen molar-refractivity contribution in [3.8, 4) is 0 Å². The lowest BCUT2D eigenvalue weighted by Gasteiger charge is -2.33. The van der Waals surface area contributed by atoms with Crippen LogP contribution in [0.3, 0.4) is 0 Å². The van der Waals surface area contributed by atoms with Gasteiger partial charge < -0.3 is 4.74 Å². The van der Waals surface area contributed by atoms with Crippen molar-refractivity contribution in [1.82, 2.24) is 9.21 Å². The third-order valence-electron chi connectivity index (χ3n) is 3.72. The van der Waals surface area contributed by atoms with Gasteiger partial charge in [-0.1, -0.05) is 11.6 Å². The number of ether oxygens (including phenoxy) is 1. The summed E-state index contributed by atoms with van der Waals surface area (Å²) in [6, 6.07) is 2.72. The lowest BCUT2D eigenvalue weighted by atomic mass is 10.1. The molecule has 10 heteroatoms. The maximum absolute atomic E-state index is 12.5. The van der Waals surface area contributed by atoms with Crippen LogP contribution in [0.15, 0.2) is 16.3 Å². The van der Waals surface area contributed by atoms with Gasteiger partial charge in [0.25, 0.3) is 15.9 Å². The van der Waals surface area contributed by atoms with Crippen molar-refractivity contribution >= 4 is 45.0 Å². The number of nitrogens with zero attached hydrogens (tertiary/aromatic N) is 2. The van der Waals surface area contributed by atoms with E-state index in [2.05, 4.69) is 4.74 Å². The van der Waals surface area contributed by atoms with E-state index >= 15 is 0 Å². The number of rotatable bonds is 3. The molecule has 0 unspecified atom stereocenters. The summed E-state index contributed by atoms with van der Waals surface area (Å²) in [5.41, 5.74) is 0. The number of amides is 2. The minimum absolute atomic E-state index is 0.201. The molecule has 0 N–H and O–H groups in total. The fourth-order valence-corrected chi connectivity index (χ4v) is 5.73. The van der Waals surface area contributed by atoms with E-state index < -0.39 is 16.1 Å². The number of cyclic esters (lactones) is 1. The van der Waals surface area contributed by atoms with E-state index in [1.807, 2.05) is 0 Å². The number of halogens is 1. The average molecular weight is 365 g/mol. The second-order valence-corrected chi connectivity index (χ2v) is 8.89. The van der Waals surface area contributed by atoms with Crippen molar-refractivity contribution in [2.75, 3.05) is 19.7 Å². The molecule has 0 saturated carbocycles. The largest absolute Gasteiger partial charge is 0.439 e. The van der Waals surface area contributed by atoms with E-state index in [4.69, 9.17) is 11.6 Å². The lowest BCUT2D eigenvalue weighted by molar-refractivity contribution is -0.127. The molecule has 0 bridgehead atoms. The molecule has 2 saturated heterocycles. The standard InChI is InChI=1S/C12H13ClN2O5S2/c13-9-1-2-11(21-9)22(18,19)14-5-3-8(4-6-14)15-10(16)7-20-12(15)17/h1-2,8H,3-7H2. The summed E-state index contributed by atoms with van der Waals surface area (Å²) in [5.74, 6) is -0.364. The van der Waals surface area contributed by atoms with E-state index in [1.165, 1.54) is 10.4 Å². The molecular formula is C12H13ClN2O5S2. The summed E-state index contributed by atoms with van der Waals surface area (Å²) >= 11 is 6.80. The maximum Gasteiger partial charge on any atom is 0.417 e. The van der Waals surface area contributed by atoms with Crippen LogP contribution in [0.25, 0.3) is 0 Å². The Morgan fingerprint density at radius 2 is 1.91 bits per heavy atom. The van der Waals surface area contributed by atoms with Gasteiger partial charge in [0.1, 0.15) is 4.21 Å². The molecule has 0 spiro atoms. The third-order valence-corrected chi connectivity index (χ3v) is 7.31. The molecule has 2 amide bonds. The van der Waals surface area contributed by atoms with Crippen LogP contribution < -0.4 is 0 Å². The summed E-state index contributed by atoms with van der Waals surface area (Å²) in [6.45, 7) is 0.268. The van der Waals surface area contributed by atoms with Gasteiger partial charge in [-0.2, -0.15) is 4.31 Å². The molecule has 7 nitrogen and oxygen atoms in total. The SMILES string of the molecule is O=C1COC(=O)N1C1CCN(S(=O)(=O)c2ccc(Cl)s2)CC1. The minimum Gasteiger partial charge on any atom is -0.439 e. The van der Waals surface area contributed by atoms with E-state index in [9.17, 15) is 18.0 Å². The fourth-order valence-electron chi connectivity index (χ4n) is 2.62. The first-order chi connectivity index (χ1) is 10.4. The molecule has 1 aromatic rings. The molecule has 2 fully saturated rings. The molecule has 2 aliphatic rings. The number of carbonyl (C=O) groups is 2. The molecule has 120 valence electrons. The Morgan fingerprint density at radius 1 is 1.23 bits per heavy atom. The zero-order valence-electron chi connectivity index (χ0n) is 11.4. The van der Waals surface area contributed by atoms with Gasteiger partial charge in [-0.05, 0) is 25.0 Å². The molecule has 1 aromatic heterocycles. The monoisotopic (exact) mass is 364 g/mol. The smallest absolute Gasteiger partial charge is 0.417 e. The van der Waals surface area contributed by atoms with Crippen molar-refractivity contribution in [3.05, 3.63) is 16.5 Å². The summed E-state index contributed by atoms with van der Waals surface area (Å²) in [5, 5.41) is 0. The van der Waals surface area contributed by atoms with Crippen LogP contribution in [0.2, 0.25) is 4.34 Å². The lowest BCUT2D eigenvalue weighted by Crippen LogP contribution is -2.48. The molecule has 0 atom stereocenters. The molecule has 0 aromatic carbocycles. The Kier molecular flexibility index (Phi) is 4.15. The minimum atomic E-state index is -3.57. The second kappa shape index (κ2) is 5.80. The van der Waals surface area contributed by atoms with Crippen LogP contribution >= 0.6 is 22.9 Å². The van der Waals surface area contributed by atoms with E-state index in [1.54, 1.807) is 6.07 Å². The van der Waals surface area contributed by atoms with Gasteiger partial charge in [-0.3, -0.25) is 4.79 Å². The fraction of sp³-hybridized carbons (Fsp3) is 0.500. The maximum atomic E-state index is 12.5. The van der Waals surface area contributed by atoms with E-state index in [0.717, 1.165) is 16.2 Å². The van der Waals surface area contributed by atoms with Crippen molar-refractivity contribution in [2.45, 2.75) is 23.1 Å². The molecule has 3 rings (SSSR count). The van der Waals surface area contributed by atoms with Gasteiger partial charge in [0.2, 0.25) is 0 Å². The van der Waals surface area contributed by atoms with Gasteiger partial charge in [0.15, 0.2) is 6.61 Å². The predicted molar refractivity (Wildman–Crippen MR) is 79.3 cm³/mol. The van der Waals surface area contributed by atoms with Gasteiger partial charge >= 0.3 is 6.09 Å². The summed E-state index contributed by atoms with van der Waals surface area (Å²) in [6.07, 6.45) is 0.162. The highest BCUT2D eigenvalue weighted by Crippen LogP contribution is 2.30. The Balaban J connectivity index is 1.69. The van der Waals surface area contributed by atoms with E-state index in [-0.39, 0.29) is 35.9 Å². The number of hydrogen-bond acceptors (Lipinski definition) is 6. The average Bonchev–Trinajstić information content (AvgIpc) is 3.06. The molecule has 0 aliphatic carbocycles. The Bertz CT molecular complexity index is 693. The number of thiophene rings is 1. The molecular weight excluding hydrogens is 352 g/mol. The zero-order valence-corrected chi connectivity index (χ0v) is 13.8. The van der Waals surface area contributed by atoms with Crippen LogP contribution in [-0.2, 0) is 19.6 Å². The van der Waals surface area contributed by atoms with Crippen molar-refractivity contribution in [2.24, 2.45) is 0 Å². The Hall–Kier alpha value is -1.16. The van der Waals surface area contributed by atoms with Crippen molar-refractivity contribution in [1.29, 1.82) is 0 Å². The highest BCUT2D eigenvalue weighted by Gasteiger charge is 2.40. The number of hydrogen-bond donors (Lipinski definition) is 0. The highest BCUT2D eigenvalue weighted by molar-refractivity contribution is 7.91. The predicted octanol–water partition coefficient (Wildman–Crippen LogP) is 1.53. The van der Waals surface area contributed by atoms with Crippen LogP contribution in [0.5, 0.6) is 0 Å². The summed E-state index contributed by atoms with van der Waals surface area (Å²) in [4.78, 5) is 24.2. The van der Waals surface area contributed by atoms with Gasteiger partial charge in [-0.25, -0.2) is 18.1 Å². The van der Waals surface area contributed by atoms with Gasteiger partial charge in [-0.15, -0.1) is 11.3 Å². The summed E-state index contributed by atoms with van der Waals surface area (Å²) in [7, 11) is -3.57. The topological polar surface area (TPSA) is 84.0 Å². The number of carbonyl (C=O) groups excluding carboxylic acids is 2. The Morgan fingerprint density at radius 3 is 2.41 bits per heavy atom. The van der Waals surface area contributed by atoms with Crippen LogP contribution in [0, 0.1) is 0 Å². The Labute approximate surface area is 136 Å². The third kappa shape index (κ3) is 2.73. The number of piperidine rings is 1. The first-order valence-corrected chi connectivity index (χ1v) is 9.27. The molecule has 2 aliphatic heterocycles. The van der Waals surface area contributed by atoms with Crippen LogP contribution in [-0.4, -0.2) is 55.4 Å². The van der Waals surface area contributed by atoms with Gasteiger partial charge in [0.05, 0.1) is 4.34 Å². The first kappa shape index (κ1) is 15.7. The van der Waals surface area contributed by atoms with Gasteiger partial charge in [0, 0.05) is 19.1 Å². The van der Waals surface area contributed by atoms with Crippen molar-refractivity contribution < 1.29 is 22.7 Å². The molecule has 0 radical (unpaired) electrons. The highest BCUT2D eigenvalue weighted by atomic mass is 35.5.